The molecular formula is C22H26N4O4. The number of carbonyl (C=O) groups excluding carboxylic acids is 2. The molecule has 8 heteroatoms. The first kappa shape index (κ1) is 21.4. The van der Waals surface area contributed by atoms with Crippen LogP contribution in [0.15, 0.2) is 59.8 Å². The number of pyridine rings is 1. The maximum absolute atomic E-state index is 13.5. The third-order valence-electron chi connectivity index (χ3n) is 4.68. The minimum Gasteiger partial charge on any atom is -0.461 e. The monoisotopic (exact) mass is 410 g/mol. The van der Waals surface area contributed by atoms with Gasteiger partial charge in [0.2, 0.25) is 5.91 Å². The Morgan fingerprint density at radius 1 is 1.17 bits per heavy atom. The largest absolute Gasteiger partial charge is 0.461 e. The smallest absolute Gasteiger partial charge is 0.354 e. The molecule has 158 valence electrons. The number of anilines is 1. The number of aromatic nitrogens is 1. The van der Waals surface area contributed by atoms with Gasteiger partial charge in [0, 0.05) is 26.3 Å². The molecule has 1 aliphatic heterocycles. The number of hydrazone groups is 1. The highest BCUT2D eigenvalue weighted by Crippen LogP contribution is 2.26. The molecule has 1 atom stereocenters. The lowest BCUT2D eigenvalue weighted by Crippen LogP contribution is -2.46. The number of methoxy groups -OCH3 is 1. The molecule has 0 spiro atoms. The van der Waals surface area contributed by atoms with Gasteiger partial charge in [-0.15, -0.1) is 0 Å². The summed E-state index contributed by atoms with van der Waals surface area (Å²) in [6.45, 7) is 3.13. The fraction of sp³-hybridized carbons (Fsp3) is 0.364. The molecule has 3 rings (SSSR count). The van der Waals surface area contributed by atoms with E-state index in [-0.39, 0.29) is 24.6 Å². The van der Waals surface area contributed by atoms with Crippen LogP contribution in [0.1, 0.15) is 19.0 Å². The summed E-state index contributed by atoms with van der Waals surface area (Å²) in [6, 6.07) is 14.3. The van der Waals surface area contributed by atoms with E-state index in [9.17, 15) is 9.59 Å². The van der Waals surface area contributed by atoms with Gasteiger partial charge in [0.1, 0.15) is 11.8 Å². The molecule has 0 fully saturated rings. The second kappa shape index (κ2) is 10.5. The number of amides is 1. The van der Waals surface area contributed by atoms with Crippen LogP contribution in [0.4, 0.5) is 5.69 Å². The first-order valence-corrected chi connectivity index (χ1v) is 9.90. The van der Waals surface area contributed by atoms with E-state index in [1.54, 1.807) is 30.1 Å². The maximum Gasteiger partial charge on any atom is 0.354 e. The van der Waals surface area contributed by atoms with Crippen molar-refractivity contribution in [2.75, 3.05) is 31.9 Å². The predicted octanol–water partition coefficient (Wildman–Crippen LogP) is 2.25. The molecule has 30 heavy (non-hydrogen) atoms. The fourth-order valence-corrected chi connectivity index (χ4v) is 3.23. The van der Waals surface area contributed by atoms with Crippen molar-refractivity contribution in [3.05, 3.63) is 60.4 Å². The van der Waals surface area contributed by atoms with Gasteiger partial charge in [-0.25, -0.2) is 4.79 Å². The third-order valence-corrected chi connectivity index (χ3v) is 4.68. The number of hydrogen-bond acceptors (Lipinski definition) is 7. The van der Waals surface area contributed by atoms with E-state index in [2.05, 4.69) is 10.1 Å². The molecule has 1 amide bonds. The number of benzene rings is 1. The normalized spacial score (nSPS) is 15.6. The van der Waals surface area contributed by atoms with Crippen molar-refractivity contribution in [1.82, 2.24) is 9.88 Å². The molecule has 2 heterocycles. The molecule has 2 aromatic rings. The van der Waals surface area contributed by atoms with Crippen LogP contribution in [-0.4, -0.2) is 60.4 Å². The van der Waals surface area contributed by atoms with Crippen LogP contribution in [0.25, 0.3) is 0 Å². The van der Waals surface area contributed by atoms with Gasteiger partial charge in [-0.3, -0.25) is 14.8 Å². The molecule has 1 aromatic carbocycles. The third kappa shape index (κ3) is 5.21. The number of rotatable bonds is 9. The standard InChI is InChI=1S/C22H26N4O4/c1-3-30-22(28)19-15-20(26(24-19)18-10-5-4-6-11-18)21(27)25(13-14-29-2)16-17-9-7-8-12-23-17/h4-12,20H,3,13-16H2,1-2H3. The number of carbonyl (C=O) groups is 2. The lowest BCUT2D eigenvalue weighted by atomic mass is 10.1. The van der Waals surface area contributed by atoms with Gasteiger partial charge >= 0.3 is 5.97 Å². The van der Waals surface area contributed by atoms with Crippen molar-refractivity contribution in [1.29, 1.82) is 0 Å². The minimum absolute atomic E-state index is 0.149. The van der Waals surface area contributed by atoms with Crippen molar-refractivity contribution in [3.8, 4) is 0 Å². The van der Waals surface area contributed by atoms with Gasteiger partial charge < -0.3 is 14.4 Å². The van der Waals surface area contributed by atoms with Crippen molar-refractivity contribution in [2.45, 2.75) is 25.9 Å². The Hall–Kier alpha value is -3.26. The molecule has 0 radical (unpaired) electrons. The summed E-state index contributed by atoms with van der Waals surface area (Å²) in [5.74, 6) is -0.647. The molecule has 1 aromatic heterocycles. The summed E-state index contributed by atoms with van der Waals surface area (Å²) >= 11 is 0. The fourth-order valence-electron chi connectivity index (χ4n) is 3.23. The summed E-state index contributed by atoms with van der Waals surface area (Å²) < 4.78 is 10.3. The second-order valence-electron chi connectivity index (χ2n) is 6.74. The second-order valence-corrected chi connectivity index (χ2v) is 6.74. The summed E-state index contributed by atoms with van der Waals surface area (Å²) in [5.41, 5.74) is 1.75. The summed E-state index contributed by atoms with van der Waals surface area (Å²) in [6.07, 6.45) is 1.88. The summed E-state index contributed by atoms with van der Waals surface area (Å²) in [7, 11) is 1.59. The van der Waals surface area contributed by atoms with E-state index in [4.69, 9.17) is 9.47 Å². The van der Waals surface area contributed by atoms with Crippen molar-refractivity contribution in [3.63, 3.8) is 0 Å². The SMILES string of the molecule is CCOC(=O)C1=NN(c2ccccc2)C(C(=O)N(CCOC)Cc2ccccn2)C1. The molecule has 1 aliphatic rings. The molecule has 8 nitrogen and oxygen atoms in total. The summed E-state index contributed by atoms with van der Waals surface area (Å²) in [4.78, 5) is 31.8. The van der Waals surface area contributed by atoms with Gasteiger partial charge in [-0.05, 0) is 31.2 Å². The first-order valence-electron chi connectivity index (χ1n) is 9.90. The number of ether oxygens (including phenoxy) is 2. The number of esters is 1. The highest BCUT2D eigenvalue weighted by atomic mass is 16.5. The average Bonchev–Trinajstić information content (AvgIpc) is 3.23. The van der Waals surface area contributed by atoms with Gasteiger partial charge in [0.05, 0.1) is 31.1 Å². The van der Waals surface area contributed by atoms with Gasteiger partial charge in [0.15, 0.2) is 0 Å². The van der Waals surface area contributed by atoms with Gasteiger partial charge in [-0.2, -0.15) is 5.10 Å². The molecule has 0 N–H and O–H groups in total. The van der Waals surface area contributed by atoms with Gasteiger partial charge in [-0.1, -0.05) is 24.3 Å². The Morgan fingerprint density at radius 2 is 1.93 bits per heavy atom. The Morgan fingerprint density at radius 3 is 2.60 bits per heavy atom. The summed E-state index contributed by atoms with van der Waals surface area (Å²) in [5, 5.41) is 6.03. The van der Waals surface area contributed by atoms with Crippen LogP contribution >= 0.6 is 0 Å². The number of nitrogens with zero attached hydrogens (tertiary/aromatic N) is 4. The number of para-hydroxylation sites is 1. The Balaban J connectivity index is 1.86. The van der Waals surface area contributed by atoms with E-state index in [0.29, 0.717) is 19.7 Å². The quantitative estimate of drug-likeness (QED) is 0.590. The van der Waals surface area contributed by atoms with E-state index in [1.165, 1.54) is 0 Å². The van der Waals surface area contributed by atoms with E-state index < -0.39 is 12.0 Å². The van der Waals surface area contributed by atoms with Gasteiger partial charge in [0.25, 0.3) is 0 Å². The van der Waals surface area contributed by atoms with Crippen LogP contribution in [0, 0.1) is 0 Å². The topological polar surface area (TPSA) is 84.3 Å². The molecule has 0 saturated carbocycles. The molecular weight excluding hydrogens is 384 g/mol. The Kier molecular flexibility index (Phi) is 7.51. The molecule has 0 saturated heterocycles. The van der Waals surface area contributed by atoms with Crippen molar-refractivity contribution < 1.29 is 19.1 Å². The van der Waals surface area contributed by atoms with Crippen molar-refractivity contribution in [2.24, 2.45) is 5.10 Å². The van der Waals surface area contributed by atoms with Crippen molar-refractivity contribution >= 4 is 23.3 Å². The van der Waals surface area contributed by atoms with Crippen LogP contribution in [0.5, 0.6) is 0 Å². The highest BCUT2D eigenvalue weighted by Gasteiger charge is 2.39. The lowest BCUT2D eigenvalue weighted by Gasteiger charge is -2.29. The average molecular weight is 410 g/mol. The van der Waals surface area contributed by atoms with Crippen LogP contribution in [-0.2, 0) is 25.6 Å². The lowest BCUT2D eigenvalue weighted by molar-refractivity contribution is -0.135. The van der Waals surface area contributed by atoms with Crippen LogP contribution in [0.3, 0.4) is 0 Å². The van der Waals surface area contributed by atoms with Crippen LogP contribution in [0.2, 0.25) is 0 Å². The zero-order valence-electron chi connectivity index (χ0n) is 17.2. The van der Waals surface area contributed by atoms with Crippen LogP contribution < -0.4 is 5.01 Å². The predicted molar refractivity (Wildman–Crippen MR) is 113 cm³/mol. The zero-order chi connectivity index (χ0) is 21.3. The van der Waals surface area contributed by atoms with E-state index >= 15 is 0 Å². The van der Waals surface area contributed by atoms with E-state index in [0.717, 1.165) is 11.4 Å². The molecule has 0 aliphatic carbocycles. The Bertz CT molecular complexity index is 873. The highest BCUT2D eigenvalue weighted by molar-refractivity contribution is 6.38. The minimum atomic E-state index is -0.646. The molecule has 0 bridgehead atoms. The Labute approximate surface area is 176 Å². The first-order chi connectivity index (χ1) is 14.6. The number of hydrogen-bond donors (Lipinski definition) is 0. The van der Waals surface area contributed by atoms with E-state index in [1.807, 2.05) is 48.5 Å². The molecule has 1 unspecified atom stereocenters. The zero-order valence-corrected chi connectivity index (χ0v) is 17.2. The maximum atomic E-state index is 13.5.